The zero-order chi connectivity index (χ0) is 15.7. The topological polar surface area (TPSA) is 74.3 Å². The highest BCUT2D eigenvalue weighted by Gasteiger charge is 2.22. The summed E-state index contributed by atoms with van der Waals surface area (Å²) >= 11 is 0. The van der Waals surface area contributed by atoms with Crippen molar-refractivity contribution in [2.45, 2.75) is 18.9 Å². The first-order valence-corrected chi connectivity index (χ1v) is 7.49. The lowest BCUT2D eigenvalue weighted by Crippen LogP contribution is -2.37. The number of nitrogens with one attached hydrogen (secondary N) is 2. The Labute approximate surface area is 129 Å². The molecule has 1 saturated heterocycles. The summed E-state index contributed by atoms with van der Waals surface area (Å²) in [5, 5.41) is 13.8. The number of benzene rings is 1. The van der Waals surface area contributed by atoms with E-state index in [9.17, 15) is 10.0 Å². The average Bonchev–Trinajstić information content (AvgIpc) is 3.02. The molecule has 1 amide bonds. The number of quaternary nitrogens is 1. The number of aromatic amines is 1. The van der Waals surface area contributed by atoms with Crippen LogP contribution in [-0.2, 0) is 17.6 Å². The summed E-state index contributed by atoms with van der Waals surface area (Å²) in [6.07, 6.45) is 3.23. The molecule has 1 fully saturated rings. The average molecular weight is 304 g/mol. The molecule has 1 aliphatic rings. The van der Waals surface area contributed by atoms with Gasteiger partial charge in [-0.3, -0.25) is 0 Å². The number of carbonyl (C=O) groups is 1. The van der Waals surface area contributed by atoms with Gasteiger partial charge in [0.1, 0.15) is 13.2 Å². The first-order valence-electron chi connectivity index (χ1n) is 7.49. The van der Waals surface area contributed by atoms with Gasteiger partial charge >= 0.3 is 6.09 Å². The number of rotatable bonds is 5. The quantitative estimate of drug-likeness (QED) is 0.583. The summed E-state index contributed by atoms with van der Waals surface area (Å²) in [4.78, 5) is 14.4. The lowest BCUT2D eigenvalue weighted by molar-refractivity contribution is -1.07. The molecule has 3 rings (SSSR count). The molecule has 0 bridgehead atoms. The summed E-state index contributed by atoms with van der Waals surface area (Å²) in [7, 11) is 3.53. The fraction of sp³-hybridized carbons (Fsp3) is 0.438. The van der Waals surface area contributed by atoms with Crippen molar-refractivity contribution in [2.24, 2.45) is 0 Å². The predicted octanol–water partition coefficient (Wildman–Crippen LogP) is 1.83. The first-order chi connectivity index (χ1) is 10.4. The van der Waals surface area contributed by atoms with E-state index in [4.69, 9.17) is 4.74 Å². The van der Waals surface area contributed by atoms with E-state index in [2.05, 4.69) is 28.5 Å². The van der Waals surface area contributed by atoms with Crippen LogP contribution in [0.2, 0.25) is 0 Å². The van der Waals surface area contributed by atoms with Crippen molar-refractivity contribution in [3.8, 4) is 0 Å². The Morgan fingerprint density at radius 2 is 2.23 bits per heavy atom. The van der Waals surface area contributed by atoms with Gasteiger partial charge < -0.3 is 15.0 Å². The molecule has 1 aromatic carbocycles. The van der Waals surface area contributed by atoms with Crippen molar-refractivity contribution in [1.29, 1.82) is 0 Å². The molecule has 6 heteroatoms. The Morgan fingerprint density at radius 3 is 2.91 bits per heavy atom. The highest BCUT2D eigenvalue weighted by molar-refractivity contribution is 5.84. The number of cyclic esters (lactones) is 1. The Kier molecular flexibility index (Phi) is 3.80. The van der Waals surface area contributed by atoms with Gasteiger partial charge in [-0.1, -0.05) is 6.07 Å². The number of ether oxygens (including phenoxy) is 1. The lowest BCUT2D eigenvalue weighted by Gasteiger charge is -2.19. The standard InChI is InChI=1S/C16H21N3O3/c1-19(2,21)6-5-12-9-17-15-4-3-11(8-14(12)15)7-13-10-22-16(20)18-13/h3-4,8-9,13,17,21H,5-7,10H2,1-2H3/p+1/t13-/m0/s1. The van der Waals surface area contributed by atoms with Gasteiger partial charge in [0.2, 0.25) is 0 Å². The van der Waals surface area contributed by atoms with E-state index in [1.807, 2.05) is 6.20 Å². The minimum absolute atomic E-state index is 0.0420. The number of aromatic nitrogens is 1. The second kappa shape index (κ2) is 5.62. The van der Waals surface area contributed by atoms with Crippen LogP contribution in [0.3, 0.4) is 0 Å². The number of likely N-dealkylation sites (N-methyl/N-ethyl adjacent to an activating group) is 1. The summed E-state index contributed by atoms with van der Waals surface area (Å²) in [6.45, 7) is 1.08. The van der Waals surface area contributed by atoms with Crippen molar-refractivity contribution < 1.29 is 19.4 Å². The summed E-state index contributed by atoms with van der Waals surface area (Å²) in [5.74, 6) is 0. The highest BCUT2D eigenvalue weighted by Crippen LogP contribution is 2.22. The van der Waals surface area contributed by atoms with E-state index >= 15 is 0 Å². The van der Waals surface area contributed by atoms with Gasteiger partial charge in [-0.2, -0.15) is 4.65 Å². The molecule has 22 heavy (non-hydrogen) atoms. The van der Waals surface area contributed by atoms with E-state index < -0.39 is 0 Å². The molecule has 0 unspecified atom stereocenters. The van der Waals surface area contributed by atoms with Gasteiger partial charge in [0.25, 0.3) is 0 Å². The number of alkyl carbamates (subject to hydrolysis) is 1. The largest absolute Gasteiger partial charge is 0.447 e. The van der Waals surface area contributed by atoms with Crippen LogP contribution in [0.5, 0.6) is 0 Å². The van der Waals surface area contributed by atoms with Gasteiger partial charge in [-0.25, -0.2) is 10.0 Å². The molecule has 3 N–H and O–H groups in total. The van der Waals surface area contributed by atoms with Gasteiger partial charge in [0.05, 0.1) is 20.1 Å². The fourth-order valence-corrected chi connectivity index (χ4v) is 2.77. The Hall–Kier alpha value is -2.05. The van der Waals surface area contributed by atoms with Crippen molar-refractivity contribution in [1.82, 2.24) is 10.3 Å². The van der Waals surface area contributed by atoms with Gasteiger partial charge in [-0.15, -0.1) is 0 Å². The molecular weight excluding hydrogens is 282 g/mol. The van der Waals surface area contributed by atoms with Crippen LogP contribution in [0.25, 0.3) is 10.9 Å². The van der Waals surface area contributed by atoms with Crippen LogP contribution >= 0.6 is 0 Å². The third kappa shape index (κ3) is 3.40. The summed E-state index contributed by atoms with van der Waals surface area (Å²) in [5.41, 5.74) is 3.46. The molecule has 1 aliphatic heterocycles. The zero-order valence-electron chi connectivity index (χ0n) is 12.9. The number of H-pyrrole nitrogens is 1. The molecule has 1 atom stereocenters. The normalized spacial score (nSPS) is 18.5. The molecule has 1 aromatic heterocycles. The molecule has 0 spiro atoms. The van der Waals surface area contributed by atoms with Crippen molar-refractivity contribution in [3.63, 3.8) is 0 Å². The van der Waals surface area contributed by atoms with Crippen molar-refractivity contribution in [3.05, 3.63) is 35.5 Å². The number of hydrogen-bond donors (Lipinski definition) is 3. The smallest absolute Gasteiger partial charge is 0.407 e. The molecule has 6 nitrogen and oxygen atoms in total. The predicted molar refractivity (Wildman–Crippen MR) is 82.7 cm³/mol. The zero-order valence-corrected chi connectivity index (χ0v) is 12.9. The van der Waals surface area contributed by atoms with Crippen LogP contribution in [0.4, 0.5) is 4.79 Å². The lowest BCUT2D eigenvalue weighted by atomic mass is 10.0. The third-order valence-electron chi connectivity index (χ3n) is 3.98. The van der Waals surface area contributed by atoms with E-state index in [-0.39, 0.29) is 16.8 Å². The molecule has 2 heterocycles. The van der Waals surface area contributed by atoms with Crippen molar-refractivity contribution in [2.75, 3.05) is 27.2 Å². The number of nitrogens with zero attached hydrogens (tertiary/aromatic N) is 1. The van der Waals surface area contributed by atoms with Crippen LogP contribution in [0, 0.1) is 0 Å². The monoisotopic (exact) mass is 304 g/mol. The molecule has 0 radical (unpaired) electrons. The number of carbonyl (C=O) groups excluding carboxylic acids is 1. The van der Waals surface area contributed by atoms with E-state index in [0.717, 1.165) is 18.4 Å². The Balaban J connectivity index is 1.77. The number of amides is 1. The summed E-state index contributed by atoms with van der Waals surface area (Å²) < 4.78 is 4.88. The first kappa shape index (κ1) is 14.9. The van der Waals surface area contributed by atoms with Gasteiger partial charge in [0.15, 0.2) is 0 Å². The maximum absolute atomic E-state index is 11.1. The second-order valence-corrected chi connectivity index (χ2v) is 6.43. The number of hydroxylamine groups is 3. The van der Waals surface area contributed by atoms with E-state index in [1.165, 1.54) is 16.5 Å². The SMILES string of the molecule is C[N+](C)(O)CCc1c[nH]c2ccc(C[C@H]3COC(=O)N3)cc12. The van der Waals surface area contributed by atoms with Crippen LogP contribution in [0.1, 0.15) is 11.1 Å². The molecule has 2 aromatic rings. The maximum atomic E-state index is 11.1. The second-order valence-electron chi connectivity index (χ2n) is 6.43. The maximum Gasteiger partial charge on any atom is 0.407 e. The Morgan fingerprint density at radius 1 is 1.41 bits per heavy atom. The van der Waals surface area contributed by atoms with Crippen molar-refractivity contribution >= 4 is 17.0 Å². The minimum Gasteiger partial charge on any atom is -0.447 e. The highest BCUT2D eigenvalue weighted by atomic mass is 16.6. The minimum atomic E-state index is -0.337. The molecule has 118 valence electrons. The fourth-order valence-electron chi connectivity index (χ4n) is 2.77. The third-order valence-corrected chi connectivity index (χ3v) is 3.98. The molecular formula is C16H22N3O3+. The van der Waals surface area contributed by atoms with E-state index in [1.54, 1.807) is 14.1 Å². The number of hydrogen-bond acceptors (Lipinski definition) is 3. The molecule has 0 saturated carbocycles. The Bertz CT molecular complexity index is 687. The van der Waals surface area contributed by atoms with Gasteiger partial charge in [-0.05, 0) is 29.7 Å². The molecule has 0 aliphatic carbocycles. The van der Waals surface area contributed by atoms with Gasteiger partial charge in [0, 0.05) is 23.5 Å². The number of fused-ring (bicyclic) bond motifs is 1. The van der Waals surface area contributed by atoms with E-state index in [0.29, 0.717) is 13.2 Å². The summed E-state index contributed by atoms with van der Waals surface area (Å²) in [6, 6.07) is 6.33. The van der Waals surface area contributed by atoms with Crippen LogP contribution in [-0.4, -0.2) is 54.2 Å². The van der Waals surface area contributed by atoms with Crippen LogP contribution < -0.4 is 5.32 Å². The van der Waals surface area contributed by atoms with Crippen LogP contribution in [0.15, 0.2) is 24.4 Å².